The molecular formula is C10H22N2. The van der Waals surface area contributed by atoms with E-state index >= 15 is 0 Å². The highest BCUT2D eigenvalue weighted by atomic mass is 15.1. The highest BCUT2D eigenvalue weighted by molar-refractivity contribution is 5.78. The summed E-state index contributed by atoms with van der Waals surface area (Å²) in [5.74, 6) is 0.813. The lowest BCUT2D eigenvalue weighted by Gasteiger charge is -2.21. The van der Waals surface area contributed by atoms with Gasteiger partial charge in [0.05, 0.1) is 5.84 Å². The van der Waals surface area contributed by atoms with Crippen LogP contribution in [0.2, 0.25) is 0 Å². The van der Waals surface area contributed by atoms with E-state index in [1.165, 1.54) is 19.3 Å². The maximum Gasteiger partial charge on any atom is 0.0957 e. The fourth-order valence-electron chi connectivity index (χ4n) is 1.31. The molecule has 0 aromatic heterocycles. The number of rotatable bonds is 6. The number of nitrogens with zero attached hydrogens (tertiary/aromatic N) is 1. The number of amidine groups is 1. The van der Waals surface area contributed by atoms with Crippen LogP contribution in [0.5, 0.6) is 0 Å². The quantitative estimate of drug-likeness (QED) is 0.370. The summed E-state index contributed by atoms with van der Waals surface area (Å²) in [5.41, 5.74) is 0. The van der Waals surface area contributed by atoms with Crippen molar-refractivity contribution in [2.24, 2.45) is 0 Å². The van der Waals surface area contributed by atoms with Crippen LogP contribution in [-0.2, 0) is 0 Å². The van der Waals surface area contributed by atoms with Crippen LogP contribution in [0, 0.1) is 5.41 Å². The van der Waals surface area contributed by atoms with Gasteiger partial charge in [-0.25, -0.2) is 0 Å². The number of unbranched alkanes of at least 4 members (excludes halogenated alkanes) is 2. The molecular weight excluding hydrogens is 148 g/mol. The molecule has 0 aromatic carbocycles. The van der Waals surface area contributed by atoms with Crippen LogP contribution in [0.3, 0.4) is 0 Å². The molecule has 0 radical (unpaired) electrons. The molecule has 0 bridgehead atoms. The Hall–Kier alpha value is -0.530. The summed E-state index contributed by atoms with van der Waals surface area (Å²) < 4.78 is 0. The summed E-state index contributed by atoms with van der Waals surface area (Å²) >= 11 is 0. The molecule has 0 aromatic rings. The van der Waals surface area contributed by atoms with Gasteiger partial charge in [0.25, 0.3) is 0 Å². The Balaban J connectivity index is 3.54. The van der Waals surface area contributed by atoms with E-state index in [0.29, 0.717) is 0 Å². The Labute approximate surface area is 76.5 Å². The highest BCUT2D eigenvalue weighted by Crippen LogP contribution is 2.02. The summed E-state index contributed by atoms with van der Waals surface area (Å²) in [5, 5.41) is 7.75. The molecule has 0 aliphatic heterocycles. The minimum Gasteiger partial charge on any atom is -0.361 e. The van der Waals surface area contributed by atoms with Crippen LogP contribution < -0.4 is 0 Å². The van der Waals surface area contributed by atoms with Crippen molar-refractivity contribution in [2.75, 3.05) is 13.1 Å². The van der Waals surface area contributed by atoms with Gasteiger partial charge in [-0.05, 0) is 20.3 Å². The van der Waals surface area contributed by atoms with Gasteiger partial charge in [0, 0.05) is 19.5 Å². The Morgan fingerprint density at radius 2 is 1.67 bits per heavy atom. The van der Waals surface area contributed by atoms with Crippen molar-refractivity contribution in [1.29, 1.82) is 5.41 Å². The topological polar surface area (TPSA) is 27.1 Å². The van der Waals surface area contributed by atoms with Gasteiger partial charge in [-0.3, -0.25) is 5.41 Å². The zero-order valence-corrected chi connectivity index (χ0v) is 8.69. The van der Waals surface area contributed by atoms with Gasteiger partial charge < -0.3 is 4.90 Å². The SMILES string of the molecule is CCCCCC(=N)N(CC)CC. The number of hydrogen-bond donors (Lipinski definition) is 1. The lowest BCUT2D eigenvalue weighted by Crippen LogP contribution is -2.29. The second-order valence-electron chi connectivity index (χ2n) is 3.08. The minimum absolute atomic E-state index is 0.813. The Kier molecular flexibility index (Phi) is 6.82. The highest BCUT2D eigenvalue weighted by Gasteiger charge is 2.03. The largest absolute Gasteiger partial charge is 0.361 e. The summed E-state index contributed by atoms with van der Waals surface area (Å²) in [6.07, 6.45) is 4.62. The normalized spacial score (nSPS) is 9.92. The first-order valence-corrected chi connectivity index (χ1v) is 5.08. The second-order valence-corrected chi connectivity index (χ2v) is 3.08. The molecule has 0 heterocycles. The molecule has 0 atom stereocenters. The third kappa shape index (κ3) is 4.37. The third-order valence-corrected chi connectivity index (χ3v) is 2.16. The molecule has 72 valence electrons. The van der Waals surface area contributed by atoms with E-state index in [9.17, 15) is 0 Å². The molecule has 0 saturated heterocycles. The van der Waals surface area contributed by atoms with Crippen LogP contribution in [0.1, 0.15) is 46.5 Å². The van der Waals surface area contributed by atoms with Crippen molar-refractivity contribution in [3.63, 3.8) is 0 Å². The summed E-state index contributed by atoms with van der Waals surface area (Å²) in [6.45, 7) is 8.36. The van der Waals surface area contributed by atoms with E-state index in [0.717, 1.165) is 25.3 Å². The first-order chi connectivity index (χ1) is 5.76. The molecule has 12 heavy (non-hydrogen) atoms. The standard InChI is InChI=1S/C10H22N2/c1-4-7-8-9-10(11)12(5-2)6-3/h11H,4-9H2,1-3H3. The molecule has 0 aliphatic rings. The van der Waals surface area contributed by atoms with Crippen LogP contribution >= 0.6 is 0 Å². The summed E-state index contributed by atoms with van der Waals surface area (Å²) in [4.78, 5) is 2.12. The van der Waals surface area contributed by atoms with Gasteiger partial charge in [-0.2, -0.15) is 0 Å². The van der Waals surface area contributed by atoms with Gasteiger partial charge >= 0.3 is 0 Å². The zero-order valence-electron chi connectivity index (χ0n) is 8.69. The molecule has 1 N–H and O–H groups in total. The van der Waals surface area contributed by atoms with E-state index in [1.807, 2.05) is 0 Å². The van der Waals surface area contributed by atoms with Crippen molar-refractivity contribution >= 4 is 5.84 Å². The number of nitrogens with one attached hydrogen (secondary N) is 1. The average molecular weight is 170 g/mol. The van der Waals surface area contributed by atoms with E-state index in [4.69, 9.17) is 5.41 Å². The predicted octanol–water partition coefficient (Wildman–Crippen LogP) is 2.89. The van der Waals surface area contributed by atoms with Crippen molar-refractivity contribution in [3.05, 3.63) is 0 Å². The Bertz CT molecular complexity index is 117. The monoisotopic (exact) mass is 170 g/mol. The fourth-order valence-corrected chi connectivity index (χ4v) is 1.31. The molecule has 0 saturated carbocycles. The van der Waals surface area contributed by atoms with Crippen molar-refractivity contribution in [1.82, 2.24) is 4.90 Å². The van der Waals surface area contributed by atoms with Crippen molar-refractivity contribution in [3.8, 4) is 0 Å². The minimum atomic E-state index is 0.813. The Morgan fingerprint density at radius 1 is 1.08 bits per heavy atom. The molecule has 0 amide bonds. The van der Waals surface area contributed by atoms with Crippen LogP contribution in [0.4, 0.5) is 0 Å². The molecule has 2 nitrogen and oxygen atoms in total. The molecule has 0 rings (SSSR count). The van der Waals surface area contributed by atoms with E-state index < -0.39 is 0 Å². The lowest BCUT2D eigenvalue weighted by molar-refractivity contribution is 0.448. The summed E-state index contributed by atoms with van der Waals surface area (Å²) in [7, 11) is 0. The van der Waals surface area contributed by atoms with Crippen LogP contribution in [-0.4, -0.2) is 23.8 Å². The summed E-state index contributed by atoms with van der Waals surface area (Å²) in [6, 6.07) is 0. The van der Waals surface area contributed by atoms with Gasteiger partial charge in [0.15, 0.2) is 0 Å². The van der Waals surface area contributed by atoms with E-state index in [2.05, 4.69) is 25.7 Å². The maximum atomic E-state index is 7.75. The second kappa shape index (κ2) is 7.14. The third-order valence-electron chi connectivity index (χ3n) is 2.16. The predicted molar refractivity (Wildman–Crippen MR) is 54.8 cm³/mol. The first kappa shape index (κ1) is 11.5. The van der Waals surface area contributed by atoms with Gasteiger partial charge in [-0.1, -0.05) is 19.8 Å². The van der Waals surface area contributed by atoms with E-state index in [1.54, 1.807) is 0 Å². The van der Waals surface area contributed by atoms with Crippen LogP contribution in [0.25, 0.3) is 0 Å². The number of hydrogen-bond acceptors (Lipinski definition) is 1. The van der Waals surface area contributed by atoms with Gasteiger partial charge in [-0.15, -0.1) is 0 Å². The Morgan fingerprint density at radius 3 is 2.08 bits per heavy atom. The average Bonchev–Trinajstić information content (AvgIpc) is 2.07. The van der Waals surface area contributed by atoms with Crippen molar-refractivity contribution in [2.45, 2.75) is 46.5 Å². The lowest BCUT2D eigenvalue weighted by atomic mass is 10.2. The smallest absolute Gasteiger partial charge is 0.0957 e. The zero-order chi connectivity index (χ0) is 9.40. The van der Waals surface area contributed by atoms with Gasteiger partial charge in [0.2, 0.25) is 0 Å². The van der Waals surface area contributed by atoms with Crippen LogP contribution in [0.15, 0.2) is 0 Å². The first-order valence-electron chi connectivity index (χ1n) is 5.08. The molecule has 0 unspecified atom stereocenters. The van der Waals surface area contributed by atoms with Gasteiger partial charge in [0.1, 0.15) is 0 Å². The molecule has 0 fully saturated rings. The molecule has 0 aliphatic carbocycles. The molecule has 0 spiro atoms. The van der Waals surface area contributed by atoms with E-state index in [-0.39, 0.29) is 0 Å². The fraction of sp³-hybridized carbons (Fsp3) is 0.900. The molecule has 2 heteroatoms. The maximum absolute atomic E-state index is 7.75. The van der Waals surface area contributed by atoms with Crippen molar-refractivity contribution < 1.29 is 0 Å².